The van der Waals surface area contributed by atoms with Crippen molar-refractivity contribution in [2.45, 2.75) is 62.8 Å². The highest BCUT2D eigenvalue weighted by atomic mass is 16.2. The molecule has 25 heavy (non-hydrogen) atoms. The molecule has 1 aliphatic heterocycles. The Morgan fingerprint density at radius 1 is 1.00 bits per heavy atom. The molecule has 132 valence electrons. The maximum absolute atomic E-state index is 12.2. The standard InChI is InChI=1S/C21H26N2O2/c24-19-6-5-18(23-19)20(25)22-17-3-1-16(2-4-17)21-10-13-7-14(11-21)9-15(8-13)12-21/h1-4,13-15,18H,5-12H2,(H,22,25)(H,23,24)/t13?,14?,15?,18-,21?/m0/s1. The predicted molar refractivity (Wildman–Crippen MR) is 96.1 cm³/mol. The summed E-state index contributed by atoms with van der Waals surface area (Å²) in [6, 6.07) is 8.17. The monoisotopic (exact) mass is 338 g/mol. The van der Waals surface area contributed by atoms with Crippen molar-refractivity contribution in [3.63, 3.8) is 0 Å². The Labute approximate surface area is 148 Å². The summed E-state index contributed by atoms with van der Waals surface area (Å²) in [6.07, 6.45) is 9.50. The predicted octanol–water partition coefficient (Wildman–Crippen LogP) is 3.37. The largest absolute Gasteiger partial charge is 0.344 e. The van der Waals surface area contributed by atoms with Crippen molar-refractivity contribution in [3.05, 3.63) is 29.8 Å². The van der Waals surface area contributed by atoms with E-state index in [1.165, 1.54) is 44.1 Å². The zero-order chi connectivity index (χ0) is 17.0. The van der Waals surface area contributed by atoms with Gasteiger partial charge in [0.25, 0.3) is 0 Å². The van der Waals surface area contributed by atoms with E-state index in [4.69, 9.17) is 0 Å². The van der Waals surface area contributed by atoms with Gasteiger partial charge in [-0.1, -0.05) is 12.1 Å². The minimum absolute atomic E-state index is 0.0303. The maximum atomic E-state index is 12.2. The first-order chi connectivity index (χ1) is 12.1. The summed E-state index contributed by atoms with van der Waals surface area (Å²) in [6.45, 7) is 0. The van der Waals surface area contributed by atoms with Gasteiger partial charge in [-0.05, 0) is 85.8 Å². The fraction of sp³-hybridized carbons (Fsp3) is 0.619. The van der Waals surface area contributed by atoms with E-state index < -0.39 is 0 Å². The van der Waals surface area contributed by atoms with Crippen molar-refractivity contribution in [1.29, 1.82) is 0 Å². The summed E-state index contributed by atoms with van der Waals surface area (Å²) >= 11 is 0. The summed E-state index contributed by atoms with van der Waals surface area (Å²) < 4.78 is 0. The molecule has 0 spiro atoms. The van der Waals surface area contributed by atoms with Crippen LogP contribution in [0.2, 0.25) is 0 Å². The number of benzene rings is 1. The highest BCUT2D eigenvalue weighted by Crippen LogP contribution is 2.60. The second-order valence-corrected chi connectivity index (χ2v) is 8.92. The number of carbonyl (C=O) groups is 2. The zero-order valence-electron chi connectivity index (χ0n) is 14.6. The Balaban J connectivity index is 1.31. The Morgan fingerprint density at radius 2 is 1.60 bits per heavy atom. The van der Waals surface area contributed by atoms with Crippen LogP contribution in [0, 0.1) is 17.8 Å². The molecule has 4 aliphatic carbocycles. The summed E-state index contributed by atoms with van der Waals surface area (Å²) in [5.74, 6) is 2.69. The van der Waals surface area contributed by atoms with Crippen LogP contribution >= 0.6 is 0 Å². The molecule has 1 saturated heterocycles. The molecule has 0 radical (unpaired) electrons. The van der Waals surface area contributed by atoms with Crippen LogP contribution in [0.4, 0.5) is 5.69 Å². The van der Waals surface area contributed by atoms with Crippen LogP contribution in [0.3, 0.4) is 0 Å². The molecule has 0 unspecified atom stereocenters. The topological polar surface area (TPSA) is 58.2 Å². The fourth-order valence-electron chi connectivity index (χ4n) is 6.41. The molecule has 6 rings (SSSR count). The molecule has 4 bridgehead atoms. The van der Waals surface area contributed by atoms with E-state index in [1.54, 1.807) is 0 Å². The lowest BCUT2D eigenvalue weighted by molar-refractivity contribution is -0.122. The summed E-state index contributed by atoms with van der Waals surface area (Å²) in [7, 11) is 0. The molecule has 1 atom stereocenters. The van der Waals surface area contributed by atoms with Crippen molar-refractivity contribution in [2.75, 3.05) is 5.32 Å². The van der Waals surface area contributed by atoms with Gasteiger partial charge in [-0.3, -0.25) is 9.59 Å². The lowest BCUT2D eigenvalue weighted by Gasteiger charge is -2.57. The minimum Gasteiger partial charge on any atom is -0.344 e. The highest BCUT2D eigenvalue weighted by Gasteiger charge is 2.51. The van der Waals surface area contributed by atoms with Gasteiger partial charge in [-0.25, -0.2) is 0 Å². The fourth-order valence-corrected chi connectivity index (χ4v) is 6.41. The van der Waals surface area contributed by atoms with Crippen molar-refractivity contribution in [3.8, 4) is 0 Å². The van der Waals surface area contributed by atoms with Gasteiger partial charge in [0.05, 0.1) is 0 Å². The molecule has 1 aromatic rings. The Morgan fingerprint density at radius 3 is 2.12 bits per heavy atom. The van der Waals surface area contributed by atoms with Crippen LogP contribution in [0.1, 0.15) is 56.9 Å². The van der Waals surface area contributed by atoms with Gasteiger partial charge >= 0.3 is 0 Å². The molecular formula is C21H26N2O2. The van der Waals surface area contributed by atoms with Gasteiger partial charge in [0.2, 0.25) is 11.8 Å². The molecule has 1 heterocycles. The molecule has 2 amide bonds. The van der Waals surface area contributed by atoms with E-state index in [9.17, 15) is 9.59 Å². The number of anilines is 1. The van der Waals surface area contributed by atoms with E-state index >= 15 is 0 Å². The smallest absolute Gasteiger partial charge is 0.246 e. The van der Waals surface area contributed by atoms with Crippen LogP contribution in [0.5, 0.6) is 0 Å². The molecule has 5 fully saturated rings. The van der Waals surface area contributed by atoms with Crippen LogP contribution in [0.25, 0.3) is 0 Å². The quantitative estimate of drug-likeness (QED) is 0.888. The van der Waals surface area contributed by atoms with Gasteiger partial charge in [-0.15, -0.1) is 0 Å². The van der Waals surface area contributed by atoms with E-state index in [0.717, 1.165) is 23.4 Å². The van der Waals surface area contributed by atoms with Crippen molar-refractivity contribution >= 4 is 17.5 Å². The molecular weight excluding hydrogens is 312 g/mol. The van der Waals surface area contributed by atoms with E-state index in [2.05, 4.69) is 22.8 Å². The Kier molecular flexibility index (Phi) is 3.44. The molecule has 4 heteroatoms. The summed E-state index contributed by atoms with van der Waals surface area (Å²) in [4.78, 5) is 23.5. The molecule has 2 N–H and O–H groups in total. The first-order valence-electron chi connectivity index (χ1n) is 9.80. The maximum Gasteiger partial charge on any atom is 0.246 e. The normalized spacial score (nSPS) is 38.6. The number of carbonyl (C=O) groups excluding carboxylic acids is 2. The SMILES string of the molecule is O=C1CC[C@@H](C(=O)Nc2ccc(C34CC5CC(CC(C5)C3)C4)cc2)N1. The Bertz CT molecular complexity index is 674. The minimum atomic E-state index is -0.379. The lowest BCUT2D eigenvalue weighted by Crippen LogP contribution is -2.48. The third kappa shape index (κ3) is 2.66. The number of rotatable bonds is 3. The van der Waals surface area contributed by atoms with E-state index in [0.29, 0.717) is 18.3 Å². The third-order valence-electron chi connectivity index (χ3n) is 7.11. The Hall–Kier alpha value is -1.84. The molecule has 1 aromatic carbocycles. The van der Waals surface area contributed by atoms with Gasteiger partial charge in [0.1, 0.15) is 6.04 Å². The van der Waals surface area contributed by atoms with Crippen LogP contribution in [0.15, 0.2) is 24.3 Å². The van der Waals surface area contributed by atoms with Crippen LogP contribution < -0.4 is 10.6 Å². The third-order valence-corrected chi connectivity index (χ3v) is 7.11. The number of amides is 2. The van der Waals surface area contributed by atoms with Crippen LogP contribution in [-0.4, -0.2) is 17.9 Å². The summed E-state index contributed by atoms with van der Waals surface area (Å²) in [5, 5.41) is 5.68. The molecule has 0 aromatic heterocycles. The van der Waals surface area contributed by atoms with E-state index in [-0.39, 0.29) is 17.9 Å². The average molecular weight is 338 g/mol. The van der Waals surface area contributed by atoms with Gasteiger partial charge in [-0.2, -0.15) is 0 Å². The van der Waals surface area contributed by atoms with Crippen molar-refractivity contribution in [2.24, 2.45) is 17.8 Å². The van der Waals surface area contributed by atoms with Gasteiger partial charge in [0.15, 0.2) is 0 Å². The first kappa shape index (κ1) is 15.4. The van der Waals surface area contributed by atoms with Gasteiger partial charge < -0.3 is 10.6 Å². The number of hydrogen-bond acceptors (Lipinski definition) is 2. The highest BCUT2D eigenvalue weighted by molar-refractivity contribution is 5.98. The zero-order valence-corrected chi connectivity index (χ0v) is 14.6. The van der Waals surface area contributed by atoms with Gasteiger partial charge in [0, 0.05) is 12.1 Å². The summed E-state index contributed by atoms with van der Waals surface area (Å²) in [5.41, 5.74) is 2.70. The van der Waals surface area contributed by atoms with Crippen molar-refractivity contribution in [1.82, 2.24) is 5.32 Å². The molecule has 4 nitrogen and oxygen atoms in total. The number of nitrogens with one attached hydrogen (secondary N) is 2. The molecule has 5 aliphatic rings. The lowest BCUT2D eigenvalue weighted by atomic mass is 9.48. The molecule has 4 saturated carbocycles. The second-order valence-electron chi connectivity index (χ2n) is 8.92. The number of hydrogen-bond donors (Lipinski definition) is 2. The van der Waals surface area contributed by atoms with Crippen LogP contribution in [-0.2, 0) is 15.0 Å². The average Bonchev–Trinajstić information content (AvgIpc) is 3.01. The van der Waals surface area contributed by atoms with E-state index in [1.807, 2.05) is 12.1 Å². The second kappa shape index (κ2) is 5.58. The first-order valence-corrected chi connectivity index (χ1v) is 9.80. The van der Waals surface area contributed by atoms with Crippen molar-refractivity contribution < 1.29 is 9.59 Å².